The van der Waals surface area contributed by atoms with Gasteiger partial charge in [-0.05, 0) is 85.6 Å². The topological polar surface area (TPSA) is 44.4 Å². The number of rotatable bonds is 3. The summed E-state index contributed by atoms with van der Waals surface area (Å²) in [6.45, 7) is 1.93. The zero-order valence-electron chi connectivity index (χ0n) is 17.9. The number of halogens is 1. The maximum Gasteiger partial charge on any atom is 0.250 e. The van der Waals surface area contributed by atoms with E-state index in [0.29, 0.717) is 11.5 Å². The zero-order chi connectivity index (χ0) is 21.0. The lowest BCUT2D eigenvalue weighted by Gasteiger charge is -2.36. The normalized spacial score (nSPS) is 29.8. The van der Waals surface area contributed by atoms with Crippen LogP contribution in [0, 0.1) is 11.2 Å². The van der Waals surface area contributed by atoms with Gasteiger partial charge in [0.1, 0.15) is 12.0 Å². The van der Waals surface area contributed by atoms with Crippen LogP contribution in [0.4, 0.5) is 4.39 Å². The molecule has 0 radical (unpaired) electrons. The Hall–Kier alpha value is -2.40. The van der Waals surface area contributed by atoms with Crippen LogP contribution in [-0.4, -0.2) is 36.1 Å². The second-order valence-corrected chi connectivity index (χ2v) is 10.0. The number of benzene rings is 1. The first-order valence-corrected chi connectivity index (χ1v) is 11.8. The summed E-state index contributed by atoms with van der Waals surface area (Å²) in [6, 6.07) is 7.26. The van der Waals surface area contributed by atoms with Crippen LogP contribution in [0.1, 0.15) is 56.9 Å². The number of nitrogens with one attached hydrogen (secondary N) is 2. The molecule has 0 aromatic heterocycles. The molecular weight excluding hydrogens is 389 g/mol. The smallest absolute Gasteiger partial charge is 0.250 e. The van der Waals surface area contributed by atoms with Crippen LogP contribution in [0.3, 0.4) is 0 Å². The monoisotopic (exact) mass is 419 g/mol. The molecule has 2 aliphatic heterocycles. The highest BCUT2D eigenvalue weighted by Crippen LogP contribution is 2.57. The lowest BCUT2D eigenvalue weighted by Crippen LogP contribution is -2.52. The first-order valence-electron chi connectivity index (χ1n) is 11.8. The molecular formula is C26H30FN3O. The Bertz CT molecular complexity index is 1000. The highest BCUT2D eigenvalue weighted by molar-refractivity contribution is 5.96. The molecule has 2 atom stereocenters. The SMILES string of the molecule is O=C1NC(C2=CC(N3CC=C(c4ccc(F)cc4)CC3)CC2)NC2=C1CC1(CC2)CC1. The summed E-state index contributed by atoms with van der Waals surface area (Å²) in [5.74, 6) is -0.0316. The van der Waals surface area contributed by atoms with Gasteiger partial charge >= 0.3 is 0 Å². The van der Waals surface area contributed by atoms with Gasteiger partial charge in [0.15, 0.2) is 0 Å². The Balaban J connectivity index is 1.12. The van der Waals surface area contributed by atoms with Crippen molar-refractivity contribution in [2.75, 3.05) is 13.1 Å². The van der Waals surface area contributed by atoms with E-state index in [9.17, 15) is 9.18 Å². The van der Waals surface area contributed by atoms with E-state index in [-0.39, 0.29) is 17.9 Å². The molecule has 3 aliphatic carbocycles. The summed E-state index contributed by atoms with van der Waals surface area (Å²) in [4.78, 5) is 15.3. The van der Waals surface area contributed by atoms with Crippen LogP contribution in [-0.2, 0) is 4.79 Å². The van der Waals surface area contributed by atoms with Crippen LogP contribution >= 0.6 is 0 Å². The summed E-state index contributed by atoms with van der Waals surface area (Å²) in [5, 5.41) is 6.91. The summed E-state index contributed by atoms with van der Waals surface area (Å²) in [5.41, 5.74) is 6.43. The molecule has 2 heterocycles. The van der Waals surface area contributed by atoms with E-state index < -0.39 is 0 Å². The van der Waals surface area contributed by atoms with Gasteiger partial charge in [0.25, 0.3) is 5.91 Å². The number of nitrogens with zero attached hydrogens (tertiary/aromatic N) is 1. The summed E-state index contributed by atoms with van der Waals surface area (Å²) in [7, 11) is 0. The summed E-state index contributed by atoms with van der Waals surface area (Å²) in [6.07, 6.45) is 13.6. The van der Waals surface area contributed by atoms with E-state index in [1.165, 1.54) is 48.2 Å². The molecule has 1 fully saturated rings. The van der Waals surface area contributed by atoms with Gasteiger partial charge in [-0.1, -0.05) is 24.3 Å². The van der Waals surface area contributed by atoms with Crippen molar-refractivity contribution in [1.82, 2.24) is 15.5 Å². The van der Waals surface area contributed by atoms with E-state index in [2.05, 4.69) is 27.7 Å². The lowest BCUT2D eigenvalue weighted by molar-refractivity contribution is -0.119. The van der Waals surface area contributed by atoms with Crippen LogP contribution in [0.15, 0.2) is 53.3 Å². The second-order valence-electron chi connectivity index (χ2n) is 10.0. The fraction of sp³-hybridized carbons (Fsp3) is 0.500. The molecule has 2 N–H and O–H groups in total. The third-order valence-corrected chi connectivity index (χ3v) is 8.08. The largest absolute Gasteiger partial charge is 0.365 e. The van der Waals surface area contributed by atoms with E-state index >= 15 is 0 Å². The third kappa shape index (κ3) is 3.63. The predicted molar refractivity (Wildman–Crippen MR) is 119 cm³/mol. The molecule has 1 aromatic rings. The van der Waals surface area contributed by atoms with Gasteiger partial charge in [-0.2, -0.15) is 0 Å². The molecule has 1 aromatic carbocycles. The quantitative estimate of drug-likeness (QED) is 0.720. The number of hydrogen-bond donors (Lipinski definition) is 2. The Kier molecular flexibility index (Phi) is 4.57. The van der Waals surface area contributed by atoms with Crippen LogP contribution < -0.4 is 10.6 Å². The zero-order valence-corrected chi connectivity index (χ0v) is 17.9. The summed E-state index contributed by atoms with van der Waals surface area (Å²) >= 11 is 0. The fourth-order valence-corrected chi connectivity index (χ4v) is 5.87. The third-order valence-electron chi connectivity index (χ3n) is 8.08. The highest BCUT2D eigenvalue weighted by atomic mass is 19.1. The first kappa shape index (κ1) is 19.3. The van der Waals surface area contributed by atoms with Crippen molar-refractivity contribution in [3.63, 3.8) is 0 Å². The van der Waals surface area contributed by atoms with Crippen molar-refractivity contribution in [2.24, 2.45) is 5.41 Å². The molecule has 5 heteroatoms. The van der Waals surface area contributed by atoms with Crippen LogP contribution in [0.5, 0.6) is 0 Å². The van der Waals surface area contributed by atoms with Gasteiger partial charge in [0.05, 0.1) is 0 Å². The van der Waals surface area contributed by atoms with Crippen molar-refractivity contribution in [3.8, 4) is 0 Å². The maximum atomic E-state index is 13.2. The van der Waals surface area contributed by atoms with Crippen molar-refractivity contribution in [2.45, 2.75) is 63.6 Å². The second kappa shape index (κ2) is 7.33. The number of allylic oxidation sites excluding steroid dienone is 1. The first-order chi connectivity index (χ1) is 15.1. The van der Waals surface area contributed by atoms with Crippen LogP contribution in [0.2, 0.25) is 0 Å². The molecule has 4 nitrogen and oxygen atoms in total. The molecule has 162 valence electrons. The average Bonchev–Trinajstić information content (AvgIpc) is 3.35. The summed E-state index contributed by atoms with van der Waals surface area (Å²) < 4.78 is 13.2. The van der Waals surface area contributed by atoms with E-state index in [0.717, 1.165) is 56.3 Å². The average molecular weight is 420 g/mol. The molecule has 1 spiro atoms. The van der Waals surface area contributed by atoms with E-state index in [4.69, 9.17) is 0 Å². The minimum absolute atomic E-state index is 0.0420. The van der Waals surface area contributed by atoms with Gasteiger partial charge in [0.2, 0.25) is 0 Å². The van der Waals surface area contributed by atoms with E-state index in [1.54, 1.807) is 0 Å². The number of hydrogen-bond acceptors (Lipinski definition) is 3. The number of carbonyl (C=O) groups is 1. The lowest BCUT2D eigenvalue weighted by atomic mass is 9.82. The van der Waals surface area contributed by atoms with Gasteiger partial charge in [-0.15, -0.1) is 0 Å². The van der Waals surface area contributed by atoms with Crippen molar-refractivity contribution >= 4 is 11.5 Å². The number of amides is 1. The Morgan fingerprint density at radius 3 is 2.61 bits per heavy atom. The van der Waals surface area contributed by atoms with Crippen molar-refractivity contribution in [3.05, 3.63) is 64.6 Å². The number of carbonyl (C=O) groups excluding carboxylic acids is 1. The fourth-order valence-electron chi connectivity index (χ4n) is 5.87. The molecule has 1 saturated carbocycles. The molecule has 0 saturated heterocycles. The van der Waals surface area contributed by atoms with Crippen molar-refractivity contribution in [1.29, 1.82) is 0 Å². The standard InChI is InChI=1S/C26H30FN3O/c27-20-4-1-17(2-5-20)18-8-13-30(14-9-18)21-6-3-19(15-21)24-28-23-7-10-26(11-12-26)16-22(23)25(31)29-24/h1-2,4-5,8,15,21,24,28H,3,6-7,9-14,16H2,(H,29,31). The van der Waals surface area contributed by atoms with Gasteiger partial charge < -0.3 is 10.6 Å². The van der Waals surface area contributed by atoms with Gasteiger partial charge in [0, 0.05) is 30.4 Å². The molecule has 0 bridgehead atoms. The predicted octanol–water partition coefficient (Wildman–Crippen LogP) is 4.27. The van der Waals surface area contributed by atoms with E-state index in [1.807, 2.05) is 12.1 Å². The molecule has 2 unspecified atom stereocenters. The minimum atomic E-state index is -0.183. The molecule has 6 rings (SSSR count). The van der Waals surface area contributed by atoms with Gasteiger partial charge in [-0.3, -0.25) is 9.69 Å². The van der Waals surface area contributed by atoms with Crippen LogP contribution in [0.25, 0.3) is 5.57 Å². The highest BCUT2D eigenvalue weighted by Gasteiger charge is 2.48. The maximum absolute atomic E-state index is 13.2. The molecule has 31 heavy (non-hydrogen) atoms. The molecule has 1 amide bonds. The van der Waals surface area contributed by atoms with Crippen molar-refractivity contribution < 1.29 is 9.18 Å². The molecule has 5 aliphatic rings. The Morgan fingerprint density at radius 2 is 1.87 bits per heavy atom. The minimum Gasteiger partial charge on any atom is -0.365 e. The Morgan fingerprint density at radius 1 is 1.03 bits per heavy atom. The Labute approximate surface area is 183 Å². The van der Waals surface area contributed by atoms with Gasteiger partial charge in [-0.25, -0.2) is 4.39 Å².